The van der Waals surface area contributed by atoms with Crippen molar-refractivity contribution >= 4 is 26.8 Å². The molecule has 2 heterocycles. The van der Waals surface area contributed by atoms with Gasteiger partial charge in [-0.15, -0.1) is 0 Å². The molecule has 21 heavy (non-hydrogen) atoms. The first-order valence-corrected chi connectivity index (χ1v) is 7.98. The number of nitrogens with one attached hydrogen (secondary N) is 1. The van der Waals surface area contributed by atoms with Gasteiger partial charge < -0.3 is 10.1 Å². The Morgan fingerprint density at radius 2 is 2.43 bits per heavy atom. The van der Waals surface area contributed by atoms with Crippen LogP contribution in [0.1, 0.15) is 19.4 Å². The summed E-state index contributed by atoms with van der Waals surface area (Å²) in [5.74, 6) is 0. The quantitative estimate of drug-likeness (QED) is 0.919. The predicted molar refractivity (Wildman–Crippen MR) is 85.6 cm³/mol. The zero-order chi connectivity index (χ0) is 14.8. The average Bonchev–Trinajstić information content (AvgIpc) is 2.52. The summed E-state index contributed by atoms with van der Waals surface area (Å²) in [7, 11) is 0. The van der Waals surface area contributed by atoms with Gasteiger partial charge in [0.05, 0.1) is 36.0 Å². The van der Waals surface area contributed by atoms with E-state index in [2.05, 4.69) is 33.2 Å². The lowest BCUT2D eigenvalue weighted by Crippen LogP contribution is -2.45. The van der Waals surface area contributed by atoms with Crippen molar-refractivity contribution in [1.29, 1.82) is 0 Å². The summed E-state index contributed by atoms with van der Waals surface area (Å²) in [6, 6.07) is 5.57. The third-order valence-corrected chi connectivity index (χ3v) is 4.40. The Labute approximate surface area is 131 Å². The molecule has 0 aliphatic carbocycles. The average molecular weight is 352 g/mol. The second kappa shape index (κ2) is 6.25. The van der Waals surface area contributed by atoms with Crippen LogP contribution in [0.15, 0.2) is 33.8 Å². The Balaban J connectivity index is 2.05. The normalized spacial score (nSPS) is 20.6. The number of hydrogen-bond acceptors (Lipinski definition) is 4. The Morgan fingerprint density at radius 3 is 3.14 bits per heavy atom. The minimum atomic E-state index is -0.0117. The van der Waals surface area contributed by atoms with Crippen molar-refractivity contribution in [2.24, 2.45) is 0 Å². The number of halogens is 1. The number of aromatic nitrogens is 2. The van der Waals surface area contributed by atoms with Crippen LogP contribution in [0.3, 0.4) is 0 Å². The molecular weight excluding hydrogens is 334 g/mol. The molecule has 1 N–H and O–H groups in total. The number of hydrogen-bond donors (Lipinski definition) is 1. The molecule has 0 spiro atoms. The summed E-state index contributed by atoms with van der Waals surface area (Å²) in [5, 5.41) is 3.95. The molecule has 3 rings (SSSR count). The van der Waals surface area contributed by atoms with Gasteiger partial charge in [-0.05, 0) is 24.6 Å². The van der Waals surface area contributed by atoms with E-state index in [0.717, 1.165) is 29.5 Å². The van der Waals surface area contributed by atoms with E-state index >= 15 is 0 Å². The van der Waals surface area contributed by atoms with E-state index in [1.807, 2.05) is 18.2 Å². The minimum Gasteiger partial charge on any atom is -0.373 e. The fourth-order valence-electron chi connectivity index (χ4n) is 2.82. The van der Waals surface area contributed by atoms with Crippen molar-refractivity contribution in [2.75, 3.05) is 19.7 Å². The first-order valence-electron chi connectivity index (χ1n) is 7.19. The molecule has 2 atom stereocenters. The summed E-state index contributed by atoms with van der Waals surface area (Å²) in [6.07, 6.45) is 2.48. The topological polar surface area (TPSA) is 56.1 Å². The van der Waals surface area contributed by atoms with Crippen LogP contribution in [0.25, 0.3) is 10.9 Å². The lowest BCUT2D eigenvalue weighted by Gasteiger charge is -2.31. The molecule has 5 nitrogen and oxygen atoms in total. The third kappa shape index (κ3) is 2.88. The highest BCUT2D eigenvalue weighted by Crippen LogP contribution is 2.20. The molecule has 1 aliphatic rings. The summed E-state index contributed by atoms with van der Waals surface area (Å²) < 4.78 is 8.42. The maximum atomic E-state index is 12.7. The van der Waals surface area contributed by atoms with Crippen LogP contribution in [0.2, 0.25) is 0 Å². The van der Waals surface area contributed by atoms with Crippen LogP contribution in [-0.2, 0) is 4.74 Å². The van der Waals surface area contributed by atoms with Gasteiger partial charge in [0.1, 0.15) is 0 Å². The number of fused-ring (bicyclic) bond motifs is 1. The van der Waals surface area contributed by atoms with Crippen LogP contribution >= 0.6 is 15.9 Å². The Hall–Kier alpha value is -1.24. The molecule has 2 aromatic rings. The molecule has 0 radical (unpaired) electrons. The molecule has 2 unspecified atom stereocenters. The second-order valence-corrected chi connectivity index (χ2v) is 6.12. The highest BCUT2D eigenvalue weighted by Gasteiger charge is 2.25. The van der Waals surface area contributed by atoms with Crippen LogP contribution in [0, 0.1) is 0 Å². The zero-order valence-corrected chi connectivity index (χ0v) is 13.5. The van der Waals surface area contributed by atoms with E-state index < -0.39 is 0 Å². The van der Waals surface area contributed by atoms with E-state index in [0.29, 0.717) is 12.0 Å². The monoisotopic (exact) mass is 351 g/mol. The summed E-state index contributed by atoms with van der Waals surface area (Å²) in [4.78, 5) is 17.2. The minimum absolute atomic E-state index is 0.00109. The number of benzene rings is 1. The van der Waals surface area contributed by atoms with Gasteiger partial charge in [0, 0.05) is 17.6 Å². The number of rotatable bonds is 3. The fourth-order valence-corrected chi connectivity index (χ4v) is 3.18. The van der Waals surface area contributed by atoms with Crippen molar-refractivity contribution in [1.82, 2.24) is 14.9 Å². The van der Waals surface area contributed by atoms with E-state index in [4.69, 9.17) is 4.74 Å². The van der Waals surface area contributed by atoms with Gasteiger partial charge in [-0.25, -0.2) is 4.98 Å². The number of ether oxygens (including phenoxy) is 1. The Bertz CT molecular complexity index is 695. The van der Waals surface area contributed by atoms with E-state index in [1.165, 1.54) is 0 Å². The second-order valence-electron chi connectivity index (χ2n) is 5.21. The van der Waals surface area contributed by atoms with E-state index in [1.54, 1.807) is 10.9 Å². The summed E-state index contributed by atoms with van der Waals surface area (Å²) >= 11 is 3.41. The van der Waals surface area contributed by atoms with Gasteiger partial charge in [-0.2, -0.15) is 0 Å². The predicted octanol–water partition coefficient (Wildman–Crippen LogP) is 2.10. The highest BCUT2D eigenvalue weighted by molar-refractivity contribution is 9.10. The van der Waals surface area contributed by atoms with Crippen LogP contribution < -0.4 is 10.9 Å². The third-order valence-electron chi connectivity index (χ3n) is 3.91. The standard InChI is InChI=1S/C15H18BrN3O2/c1-2-13(14-8-17-5-6-21-14)19-9-18-12-4-3-10(16)7-11(12)15(19)20/h3-4,7,9,13-14,17H,2,5-6,8H2,1H3. The SMILES string of the molecule is CCC(C1CNCCO1)n1cnc2ccc(Br)cc2c1=O. The van der Waals surface area contributed by atoms with Gasteiger partial charge in [0.25, 0.3) is 5.56 Å². The van der Waals surface area contributed by atoms with Gasteiger partial charge in [-0.1, -0.05) is 22.9 Å². The summed E-state index contributed by atoms with van der Waals surface area (Å²) in [5.41, 5.74) is 0.708. The molecule has 1 saturated heterocycles. The molecule has 1 aliphatic heterocycles. The fraction of sp³-hybridized carbons (Fsp3) is 0.467. The molecule has 0 saturated carbocycles. The maximum Gasteiger partial charge on any atom is 0.261 e. The molecule has 1 aromatic heterocycles. The van der Waals surface area contributed by atoms with Gasteiger partial charge in [-0.3, -0.25) is 9.36 Å². The summed E-state index contributed by atoms with van der Waals surface area (Å²) in [6.45, 7) is 4.38. The van der Waals surface area contributed by atoms with Crippen LogP contribution in [0.4, 0.5) is 0 Å². The maximum absolute atomic E-state index is 12.7. The molecular formula is C15H18BrN3O2. The van der Waals surface area contributed by atoms with Crippen molar-refractivity contribution in [3.05, 3.63) is 39.4 Å². The first-order chi connectivity index (χ1) is 10.2. The number of nitrogens with zero attached hydrogens (tertiary/aromatic N) is 2. The van der Waals surface area contributed by atoms with Gasteiger partial charge >= 0.3 is 0 Å². The van der Waals surface area contributed by atoms with Crippen molar-refractivity contribution in [3.63, 3.8) is 0 Å². The largest absolute Gasteiger partial charge is 0.373 e. The van der Waals surface area contributed by atoms with Gasteiger partial charge in [0.2, 0.25) is 0 Å². The van der Waals surface area contributed by atoms with E-state index in [9.17, 15) is 4.79 Å². The number of morpholine rings is 1. The van der Waals surface area contributed by atoms with Crippen LogP contribution in [0.5, 0.6) is 0 Å². The Kier molecular flexibility index (Phi) is 4.37. The smallest absolute Gasteiger partial charge is 0.261 e. The van der Waals surface area contributed by atoms with Gasteiger partial charge in [0.15, 0.2) is 0 Å². The van der Waals surface area contributed by atoms with Crippen molar-refractivity contribution in [2.45, 2.75) is 25.5 Å². The molecule has 0 amide bonds. The molecule has 1 aromatic carbocycles. The van der Waals surface area contributed by atoms with E-state index in [-0.39, 0.29) is 17.7 Å². The highest BCUT2D eigenvalue weighted by atomic mass is 79.9. The molecule has 112 valence electrons. The Morgan fingerprint density at radius 1 is 1.57 bits per heavy atom. The van der Waals surface area contributed by atoms with Crippen molar-refractivity contribution in [3.8, 4) is 0 Å². The molecule has 6 heteroatoms. The molecule has 0 bridgehead atoms. The lowest BCUT2D eigenvalue weighted by molar-refractivity contribution is -0.00695. The van der Waals surface area contributed by atoms with Crippen molar-refractivity contribution < 1.29 is 4.74 Å². The zero-order valence-electron chi connectivity index (χ0n) is 11.9. The lowest BCUT2D eigenvalue weighted by atomic mass is 10.1. The molecule has 1 fully saturated rings. The van der Waals surface area contributed by atoms with Crippen LogP contribution in [-0.4, -0.2) is 35.4 Å². The first kappa shape index (κ1) is 14.7.